The van der Waals surface area contributed by atoms with Gasteiger partial charge in [-0.2, -0.15) is 5.26 Å². The lowest BCUT2D eigenvalue weighted by atomic mass is 10.1. The number of aliphatic hydroxyl groups excluding tert-OH is 1. The zero-order valence-corrected chi connectivity index (χ0v) is 8.69. The molecule has 14 heavy (non-hydrogen) atoms. The summed E-state index contributed by atoms with van der Waals surface area (Å²) in [6.07, 6.45) is 0. The maximum Gasteiger partial charge on any atom is 0.111 e. The normalized spacial score (nSPS) is 10.4. The molecule has 0 saturated heterocycles. The summed E-state index contributed by atoms with van der Waals surface area (Å²) in [6, 6.07) is 7.47. The van der Waals surface area contributed by atoms with Crippen molar-refractivity contribution in [3.63, 3.8) is 0 Å². The van der Waals surface area contributed by atoms with Crippen molar-refractivity contribution < 1.29 is 5.11 Å². The Kier molecular flexibility index (Phi) is 2.42. The summed E-state index contributed by atoms with van der Waals surface area (Å²) in [7, 11) is 0. The molecule has 2 aromatic rings. The predicted molar refractivity (Wildman–Crippen MR) is 57.5 cm³/mol. The van der Waals surface area contributed by atoms with Crippen LogP contribution in [0.5, 0.6) is 0 Å². The molecule has 2 rings (SSSR count). The Bertz CT molecular complexity index is 527. The molecule has 0 bridgehead atoms. The van der Waals surface area contributed by atoms with Gasteiger partial charge in [-0.25, -0.2) is 0 Å². The first kappa shape index (κ1) is 9.47. The molecule has 0 amide bonds. The minimum atomic E-state index is -0.107. The predicted octanol–water partition coefficient (Wildman–Crippen LogP) is 2.92. The summed E-state index contributed by atoms with van der Waals surface area (Å²) in [5.41, 5.74) is 0.698. The molecule has 2 nitrogen and oxygen atoms in total. The van der Waals surface area contributed by atoms with E-state index in [9.17, 15) is 0 Å². The van der Waals surface area contributed by atoms with Gasteiger partial charge in [-0.05, 0) is 17.5 Å². The Labute approximate surface area is 90.0 Å². The van der Waals surface area contributed by atoms with Crippen LogP contribution in [0.4, 0.5) is 0 Å². The molecule has 0 spiro atoms. The summed E-state index contributed by atoms with van der Waals surface area (Å²) in [4.78, 5) is 0.560. The van der Waals surface area contributed by atoms with Crippen LogP contribution in [-0.2, 0) is 6.61 Å². The quantitative estimate of drug-likeness (QED) is 0.808. The number of benzene rings is 1. The first-order valence-electron chi connectivity index (χ1n) is 3.98. The summed E-state index contributed by atoms with van der Waals surface area (Å²) in [6.45, 7) is -0.107. The fourth-order valence-corrected chi connectivity index (χ4v) is 2.66. The molecule has 0 unspecified atom stereocenters. The van der Waals surface area contributed by atoms with E-state index >= 15 is 0 Å². The van der Waals surface area contributed by atoms with Gasteiger partial charge in [0.15, 0.2) is 0 Å². The second-order valence-corrected chi connectivity index (χ2v) is 4.31. The summed E-state index contributed by atoms with van der Waals surface area (Å²) >= 11 is 7.18. The third kappa shape index (κ3) is 1.38. The fourth-order valence-electron chi connectivity index (χ4n) is 1.37. The van der Waals surface area contributed by atoms with Crippen LogP contribution in [0, 0.1) is 11.3 Å². The zero-order chi connectivity index (χ0) is 10.1. The third-order valence-corrected chi connectivity index (χ3v) is 3.35. The SMILES string of the molecule is N#Cc1sc2cc(Cl)ccc2c1CO. The van der Waals surface area contributed by atoms with E-state index in [2.05, 4.69) is 6.07 Å². The molecule has 0 atom stereocenters. The average Bonchev–Trinajstić information content (AvgIpc) is 2.54. The molecule has 1 N–H and O–H groups in total. The molecule has 1 aromatic carbocycles. The van der Waals surface area contributed by atoms with E-state index < -0.39 is 0 Å². The molecule has 70 valence electrons. The van der Waals surface area contributed by atoms with Gasteiger partial charge >= 0.3 is 0 Å². The van der Waals surface area contributed by atoms with Crippen molar-refractivity contribution in [3.8, 4) is 6.07 Å². The summed E-state index contributed by atoms with van der Waals surface area (Å²) in [5.74, 6) is 0. The molecule has 0 radical (unpaired) electrons. The van der Waals surface area contributed by atoms with Crippen LogP contribution in [0.1, 0.15) is 10.4 Å². The molecule has 1 heterocycles. The van der Waals surface area contributed by atoms with Crippen LogP contribution in [0.15, 0.2) is 18.2 Å². The lowest BCUT2D eigenvalue weighted by Crippen LogP contribution is -1.82. The van der Waals surface area contributed by atoms with Crippen LogP contribution in [0.3, 0.4) is 0 Å². The number of aliphatic hydroxyl groups is 1. The number of nitrogens with zero attached hydrogens (tertiary/aromatic N) is 1. The topological polar surface area (TPSA) is 44.0 Å². The molecule has 0 aliphatic carbocycles. The maximum absolute atomic E-state index is 9.13. The van der Waals surface area contributed by atoms with Crippen LogP contribution in [0.25, 0.3) is 10.1 Å². The Balaban J connectivity index is 2.81. The van der Waals surface area contributed by atoms with Crippen molar-refractivity contribution in [1.29, 1.82) is 5.26 Å². The zero-order valence-electron chi connectivity index (χ0n) is 7.12. The molecular formula is C10H6ClNOS. The number of nitriles is 1. The second-order valence-electron chi connectivity index (χ2n) is 2.82. The monoisotopic (exact) mass is 223 g/mol. The summed E-state index contributed by atoms with van der Waals surface area (Å²) in [5, 5.41) is 19.5. The number of fused-ring (bicyclic) bond motifs is 1. The van der Waals surface area contributed by atoms with Gasteiger partial charge < -0.3 is 5.11 Å². The van der Waals surface area contributed by atoms with Gasteiger partial charge in [0.1, 0.15) is 10.9 Å². The minimum absolute atomic E-state index is 0.107. The second kappa shape index (κ2) is 3.58. The number of thiophene rings is 1. The van der Waals surface area contributed by atoms with E-state index in [1.807, 2.05) is 12.1 Å². The minimum Gasteiger partial charge on any atom is -0.392 e. The molecule has 1 aromatic heterocycles. The van der Waals surface area contributed by atoms with Gasteiger partial charge in [0.2, 0.25) is 0 Å². The highest BCUT2D eigenvalue weighted by molar-refractivity contribution is 7.19. The van der Waals surface area contributed by atoms with Gasteiger partial charge in [-0.15, -0.1) is 11.3 Å². The average molecular weight is 224 g/mol. The van der Waals surface area contributed by atoms with Crippen molar-refractivity contribution in [3.05, 3.63) is 33.7 Å². The van der Waals surface area contributed by atoms with Gasteiger partial charge in [0.25, 0.3) is 0 Å². The van der Waals surface area contributed by atoms with E-state index in [4.69, 9.17) is 22.0 Å². The standard InChI is InChI=1S/C10H6ClNOS/c11-6-1-2-7-8(5-13)10(4-12)14-9(7)3-6/h1-3,13H,5H2. The summed E-state index contributed by atoms with van der Waals surface area (Å²) < 4.78 is 0.943. The molecule has 0 aliphatic heterocycles. The fraction of sp³-hybridized carbons (Fsp3) is 0.100. The van der Waals surface area contributed by atoms with E-state index in [1.54, 1.807) is 6.07 Å². The van der Waals surface area contributed by atoms with E-state index in [-0.39, 0.29) is 6.61 Å². The molecule has 0 saturated carbocycles. The largest absolute Gasteiger partial charge is 0.392 e. The lowest BCUT2D eigenvalue weighted by Gasteiger charge is -1.94. The van der Waals surface area contributed by atoms with Crippen LogP contribution < -0.4 is 0 Å². The van der Waals surface area contributed by atoms with Crippen LogP contribution >= 0.6 is 22.9 Å². The van der Waals surface area contributed by atoms with Crippen LogP contribution in [-0.4, -0.2) is 5.11 Å². The van der Waals surface area contributed by atoms with E-state index in [0.29, 0.717) is 15.5 Å². The number of hydrogen-bond donors (Lipinski definition) is 1. The number of halogens is 1. The smallest absolute Gasteiger partial charge is 0.111 e. The Morgan fingerprint density at radius 2 is 2.29 bits per heavy atom. The van der Waals surface area contributed by atoms with Crippen molar-refractivity contribution in [2.24, 2.45) is 0 Å². The van der Waals surface area contributed by atoms with E-state index in [0.717, 1.165) is 10.1 Å². The third-order valence-electron chi connectivity index (χ3n) is 2.01. The highest BCUT2D eigenvalue weighted by Crippen LogP contribution is 2.32. The Morgan fingerprint density at radius 3 is 2.93 bits per heavy atom. The first-order chi connectivity index (χ1) is 6.76. The number of hydrogen-bond acceptors (Lipinski definition) is 3. The molecular weight excluding hydrogens is 218 g/mol. The Hall–Kier alpha value is -1.08. The lowest BCUT2D eigenvalue weighted by molar-refractivity contribution is 0.283. The molecule has 4 heteroatoms. The molecule has 0 fully saturated rings. The number of rotatable bonds is 1. The van der Waals surface area contributed by atoms with Gasteiger partial charge in [0, 0.05) is 15.3 Å². The van der Waals surface area contributed by atoms with Crippen LogP contribution in [0.2, 0.25) is 5.02 Å². The van der Waals surface area contributed by atoms with Crippen molar-refractivity contribution >= 4 is 33.0 Å². The van der Waals surface area contributed by atoms with Crippen molar-refractivity contribution in [1.82, 2.24) is 0 Å². The van der Waals surface area contributed by atoms with E-state index in [1.165, 1.54) is 11.3 Å². The Morgan fingerprint density at radius 1 is 1.50 bits per heavy atom. The van der Waals surface area contributed by atoms with Crippen molar-refractivity contribution in [2.45, 2.75) is 6.61 Å². The molecule has 0 aliphatic rings. The maximum atomic E-state index is 9.13. The highest BCUT2D eigenvalue weighted by atomic mass is 35.5. The highest BCUT2D eigenvalue weighted by Gasteiger charge is 2.10. The van der Waals surface area contributed by atoms with Crippen molar-refractivity contribution in [2.75, 3.05) is 0 Å². The van der Waals surface area contributed by atoms with Gasteiger partial charge in [-0.3, -0.25) is 0 Å². The van der Waals surface area contributed by atoms with Gasteiger partial charge in [-0.1, -0.05) is 17.7 Å². The van der Waals surface area contributed by atoms with Gasteiger partial charge in [0.05, 0.1) is 6.61 Å². The first-order valence-corrected chi connectivity index (χ1v) is 5.17.